The lowest BCUT2D eigenvalue weighted by molar-refractivity contribution is -0.141. The number of carbonyl (C=O) groups excluding carboxylic acids is 1. The molecule has 4 heteroatoms. The molecule has 1 heterocycles. The average Bonchev–Trinajstić information content (AvgIpc) is 3.17. The number of hydrogen-bond acceptors (Lipinski definition) is 3. The Kier molecular flexibility index (Phi) is 2.23. The summed E-state index contributed by atoms with van der Waals surface area (Å²) in [7, 11) is 1.42. The van der Waals surface area contributed by atoms with E-state index < -0.39 is 0 Å². The van der Waals surface area contributed by atoms with E-state index in [4.69, 9.17) is 4.74 Å². The van der Waals surface area contributed by atoms with Gasteiger partial charge < -0.3 is 4.74 Å². The van der Waals surface area contributed by atoms with E-state index in [-0.39, 0.29) is 12.5 Å². The zero-order chi connectivity index (χ0) is 11.1. The Hall–Kier alpha value is -1.32. The third kappa shape index (κ3) is 1.84. The van der Waals surface area contributed by atoms with Gasteiger partial charge in [0.25, 0.3) is 0 Å². The van der Waals surface area contributed by atoms with Gasteiger partial charge >= 0.3 is 5.97 Å². The van der Waals surface area contributed by atoms with Crippen LogP contribution < -0.4 is 0 Å². The monoisotopic (exact) mass is 220 g/mol. The molecule has 0 aromatic carbocycles. The Labute approximate surface area is 94.6 Å². The van der Waals surface area contributed by atoms with E-state index in [2.05, 4.69) is 11.2 Å². The normalized spacial score (nSPS) is 19.8. The Morgan fingerprint density at radius 3 is 2.69 bits per heavy atom. The lowest BCUT2D eigenvalue weighted by atomic mass is 10.2. The standard InChI is InChI=1S/C12H16N2O2/c1-16-12(15)7-14-11(9-4-5-9)6-10(13-14)8-2-3-8/h6,8-9H,2-5,7H2,1H3. The van der Waals surface area contributed by atoms with Gasteiger partial charge in [0.15, 0.2) is 0 Å². The zero-order valence-corrected chi connectivity index (χ0v) is 9.48. The van der Waals surface area contributed by atoms with Crippen LogP contribution in [0.3, 0.4) is 0 Å². The highest BCUT2D eigenvalue weighted by Gasteiger charge is 2.32. The summed E-state index contributed by atoms with van der Waals surface area (Å²) in [5, 5.41) is 4.54. The molecule has 2 saturated carbocycles. The van der Waals surface area contributed by atoms with Crippen molar-refractivity contribution in [3.63, 3.8) is 0 Å². The smallest absolute Gasteiger partial charge is 0.327 e. The van der Waals surface area contributed by atoms with Gasteiger partial charge in [0.1, 0.15) is 6.54 Å². The molecule has 0 atom stereocenters. The number of methoxy groups -OCH3 is 1. The summed E-state index contributed by atoms with van der Waals surface area (Å²) in [5.74, 6) is 1.06. The minimum Gasteiger partial charge on any atom is -0.468 e. The van der Waals surface area contributed by atoms with Crippen molar-refractivity contribution < 1.29 is 9.53 Å². The summed E-state index contributed by atoms with van der Waals surface area (Å²) < 4.78 is 6.54. The molecule has 1 aromatic heterocycles. The first kappa shape index (κ1) is 9.87. The fourth-order valence-corrected chi connectivity index (χ4v) is 2.05. The molecule has 0 radical (unpaired) electrons. The summed E-state index contributed by atoms with van der Waals surface area (Å²) in [6, 6.07) is 2.19. The number of carbonyl (C=O) groups is 1. The fraction of sp³-hybridized carbons (Fsp3) is 0.667. The van der Waals surface area contributed by atoms with Gasteiger partial charge in [0, 0.05) is 17.5 Å². The molecular formula is C12H16N2O2. The van der Waals surface area contributed by atoms with Crippen molar-refractivity contribution in [3.05, 3.63) is 17.5 Å². The van der Waals surface area contributed by atoms with E-state index in [1.54, 1.807) is 0 Å². The van der Waals surface area contributed by atoms with Crippen molar-refractivity contribution in [1.29, 1.82) is 0 Å². The summed E-state index contributed by atoms with van der Waals surface area (Å²) in [4.78, 5) is 11.3. The molecule has 0 N–H and O–H groups in total. The first-order valence-corrected chi connectivity index (χ1v) is 5.92. The SMILES string of the molecule is COC(=O)Cn1nc(C2CC2)cc1C1CC1. The Balaban J connectivity index is 1.85. The molecular weight excluding hydrogens is 204 g/mol. The van der Waals surface area contributed by atoms with Gasteiger partial charge in [0.05, 0.1) is 12.8 Å². The van der Waals surface area contributed by atoms with E-state index in [9.17, 15) is 4.79 Å². The van der Waals surface area contributed by atoms with Crippen LogP contribution in [-0.2, 0) is 16.1 Å². The molecule has 2 aliphatic rings. The fourth-order valence-electron chi connectivity index (χ4n) is 2.05. The van der Waals surface area contributed by atoms with Crippen molar-refractivity contribution in [3.8, 4) is 0 Å². The number of esters is 1. The van der Waals surface area contributed by atoms with E-state index in [0.29, 0.717) is 11.8 Å². The van der Waals surface area contributed by atoms with Crippen LogP contribution in [-0.4, -0.2) is 22.9 Å². The molecule has 1 aromatic rings. The second-order valence-electron chi connectivity index (χ2n) is 4.78. The largest absolute Gasteiger partial charge is 0.468 e. The number of hydrogen-bond donors (Lipinski definition) is 0. The van der Waals surface area contributed by atoms with E-state index in [0.717, 1.165) is 0 Å². The molecule has 3 rings (SSSR count). The zero-order valence-electron chi connectivity index (χ0n) is 9.48. The molecule has 0 saturated heterocycles. The van der Waals surface area contributed by atoms with Crippen LogP contribution in [0, 0.1) is 0 Å². The maximum absolute atomic E-state index is 11.3. The van der Waals surface area contributed by atoms with E-state index >= 15 is 0 Å². The van der Waals surface area contributed by atoms with Crippen LogP contribution in [0.25, 0.3) is 0 Å². The van der Waals surface area contributed by atoms with Gasteiger partial charge in [-0.05, 0) is 31.7 Å². The summed E-state index contributed by atoms with van der Waals surface area (Å²) in [6.45, 7) is 0.259. The Morgan fingerprint density at radius 1 is 1.44 bits per heavy atom. The number of ether oxygens (including phenoxy) is 1. The first-order valence-electron chi connectivity index (χ1n) is 5.92. The van der Waals surface area contributed by atoms with Crippen LogP contribution in [0.4, 0.5) is 0 Å². The summed E-state index contributed by atoms with van der Waals surface area (Å²) >= 11 is 0. The average molecular weight is 220 g/mol. The molecule has 16 heavy (non-hydrogen) atoms. The van der Waals surface area contributed by atoms with Gasteiger partial charge in [-0.25, -0.2) is 0 Å². The second-order valence-corrected chi connectivity index (χ2v) is 4.78. The van der Waals surface area contributed by atoms with Crippen molar-refractivity contribution in [2.24, 2.45) is 0 Å². The van der Waals surface area contributed by atoms with Crippen molar-refractivity contribution in [2.45, 2.75) is 44.1 Å². The molecule has 86 valence electrons. The van der Waals surface area contributed by atoms with Crippen molar-refractivity contribution in [1.82, 2.24) is 9.78 Å². The van der Waals surface area contributed by atoms with Crippen LogP contribution in [0.5, 0.6) is 0 Å². The third-order valence-electron chi connectivity index (χ3n) is 3.33. The number of nitrogens with zero attached hydrogens (tertiary/aromatic N) is 2. The molecule has 0 aliphatic heterocycles. The Morgan fingerprint density at radius 2 is 2.12 bits per heavy atom. The summed E-state index contributed by atoms with van der Waals surface area (Å²) in [5.41, 5.74) is 2.40. The van der Waals surface area contributed by atoms with Gasteiger partial charge in [-0.3, -0.25) is 9.48 Å². The van der Waals surface area contributed by atoms with Gasteiger partial charge in [-0.1, -0.05) is 0 Å². The highest BCUT2D eigenvalue weighted by molar-refractivity contribution is 5.69. The van der Waals surface area contributed by atoms with Crippen LogP contribution in [0.2, 0.25) is 0 Å². The predicted molar refractivity (Wildman–Crippen MR) is 58.2 cm³/mol. The third-order valence-corrected chi connectivity index (χ3v) is 3.33. The van der Waals surface area contributed by atoms with Gasteiger partial charge in [-0.15, -0.1) is 0 Å². The maximum Gasteiger partial charge on any atom is 0.327 e. The second kappa shape index (κ2) is 3.61. The number of rotatable bonds is 4. The highest BCUT2D eigenvalue weighted by Crippen LogP contribution is 2.44. The van der Waals surface area contributed by atoms with Gasteiger partial charge in [0.2, 0.25) is 0 Å². The molecule has 2 fully saturated rings. The molecule has 0 bridgehead atoms. The topological polar surface area (TPSA) is 44.1 Å². The molecule has 2 aliphatic carbocycles. The first-order chi connectivity index (χ1) is 7.78. The van der Waals surface area contributed by atoms with Crippen LogP contribution in [0.1, 0.15) is 48.9 Å². The van der Waals surface area contributed by atoms with Crippen LogP contribution in [0.15, 0.2) is 6.07 Å². The predicted octanol–water partition coefficient (Wildman–Crippen LogP) is 1.81. The van der Waals surface area contributed by atoms with Crippen molar-refractivity contribution in [2.75, 3.05) is 7.11 Å². The summed E-state index contributed by atoms with van der Waals surface area (Å²) in [6.07, 6.45) is 4.96. The quantitative estimate of drug-likeness (QED) is 0.727. The maximum atomic E-state index is 11.3. The lowest BCUT2D eigenvalue weighted by Gasteiger charge is -2.04. The number of aromatic nitrogens is 2. The minimum absolute atomic E-state index is 0.215. The van der Waals surface area contributed by atoms with Crippen LogP contribution >= 0.6 is 0 Å². The van der Waals surface area contributed by atoms with E-state index in [1.807, 2.05) is 4.68 Å². The minimum atomic E-state index is -0.215. The molecule has 0 amide bonds. The highest BCUT2D eigenvalue weighted by atomic mass is 16.5. The molecule has 0 unspecified atom stereocenters. The van der Waals surface area contributed by atoms with Crippen molar-refractivity contribution >= 4 is 5.97 Å². The molecule has 0 spiro atoms. The molecule has 4 nitrogen and oxygen atoms in total. The lowest BCUT2D eigenvalue weighted by Crippen LogP contribution is -2.14. The van der Waals surface area contributed by atoms with Gasteiger partial charge in [-0.2, -0.15) is 5.10 Å². The van der Waals surface area contributed by atoms with E-state index in [1.165, 1.54) is 44.2 Å². The Bertz CT molecular complexity index is 417.